The molecule has 0 spiro atoms. The Labute approximate surface area is 185 Å². The maximum atomic E-state index is 11.2. The van der Waals surface area contributed by atoms with Crippen LogP contribution in [0.25, 0.3) is 22.3 Å². The number of aromatic carboxylic acids is 2. The molecule has 0 amide bonds. The van der Waals surface area contributed by atoms with Crippen LogP contribution in [0.5, 0.6) is 0 Å². The van der Waals surface area contributed by atoms with Gasteiger partial charge in [-0.2, -0.15) is 0 Å². The zero-order valence-electron chi connectivity index (χ0n) is 16.9. The molecule has 4 heteroatoms. The smallest absolute Gasteiger partial charge is 0.335 e. The van der Waals surface area contributed by atoms with Gasteiger partial charge in [-0.15, -0.1) is 0 Å². The Balaban J connectivity index is 1.81. The Bertz CT molecular complexity index is 1340. The molecule has 0 radical (unpaired) electrons. The van der Waals surface area contributed by atoms with Crippen LogP contribution >= 0.6 is 0 Å². The quantitative estimate of drug-likeness (QED) is 0.410. The molecule has 4 rings (SSSR count). The van der Waals surface area contributed by atoms with Crippen molar-refractivity contribution in [2.75, 3.05) is 0 Å². The molecule has 0 aliphatic heterocycles. The Morgan fingerprint density at radius 2 is 1.03 bits per heavy atom. The van der Waals surface area contributed by atoms with Gasteiger partial charge in [0.05, 0.1) is 11.1 Å². The van der Waals surface area contributed by atoms with E-state index in [1.54, 1.807) is 48.5 Å². The summed E-state index contributed by atoms with van der Waals surface area (Å²) in [6.45, 7) is 0. The molecule has 154 valence electrons. The largest absolute Gasteiger partial charge is 0.478 e. The topological polar surface area (TPSA) is 74.6 Å². The van der Waals surface area contributed by atoms with E-state index >= 15 is 0 Å². The summed E-state index contributed by atoms with van der Waals surface area (Å²) in [6.07, 6.45) is 0. The fourth-order valence-electron chi connectivity index (χ4n) is 3.36. The van der Waals surface area contributed by atoms with Gasteiger partial charge in [0, 0.05) is 11.1 Å². The zero-order valence-corrected chi connectivity index (χ0v) is 16.9. The molecule has 0 aromatic heterocycles. The first kappa shape index (κ1) is 20.6. The van der Waals surface area contributed by atoms with Crippen molar-refractivity contribution in [3.63, 3.8) is 0 Å². The molecular weight excluding hydrogens is 400 g/mol. The van der Waals surface area contributed by atoms with Crippen LogP contribution in [0.3, 0.4) is 0 Å². The Morgan fingerprint density at radius 1 is 0.531 bits per heavy atom. The van der Waals surface area contributed by atoms with Gasteiger partial charge in [0.2, 0.25) is 0 Å². The van der Waals surface area contributed by atoms with Crippen LogP contribution in [0, 0.1) is 11.8 Å². The molecule has 4 nitrogen and oxygen atoms in total. The first-order valence-electron chi connectivity index (χ1n) is 9.90. The van der Waals surface area contributed by atoms with Crippen LogP contribution in [0.2, 0.25) is 0 Å². The Hall–Kier alpha value is -4.62. The summed E-state index contributed by atoms with van der Waals surface area (Å²) < 4.78 is 0. The molecule has 0 bridgehead atoms. The minimum atomic E-state index is -0.983. The summed E-state index contributed by atoms with van der Waals surface area (Å²) in [5.41, 5.74) is 5.63. The van der Waals surface area contributed by atoms with E-state index in [4.69, 9.17) is 0 Å². The van der Waals surface area contributed by atoms with Crippen LogP contribution in [0.1, 0.15) is 31.8 Å². The van der Waals surface area contributed by atoms with Gasteiger partial charge in [0.1, 0.15) is 0 Å². The molecular formula is C28H18O4. The van der Waals surface area contributed by atoms with E-state index in [1.165, 1.54) is 0 Å². The highest BCUT2D eigenvalue weighted by molar-refractivity contribution is 5.91. The number of carboxylic acid groups (broad SMARTS) is 2. The average Bonchev–Trinajstić information content (AvgIpc) is 2.83. The van der Waals surface area contributed by atoms with Crippen molar-refractivity contribution >= 4 is 11.9 Å². The lowest BCUT2D eigenvalue weighted by Gasteiger charge is -2.12. The van der Waals surface area contributed by atoms with Crippen LogP contribution < -0.4 is 0 Å². The highest BCUT2D eigenvalue weighted by Crippen LogP contribution is 2.33. The molecule has 4 aromatic carbocycles. The molecule has 0 aliphatic carbocycles. The average molecular weight is 418 g/mol. The number of rotatable bonds is 4. The summed E-state index contributed by atoms with van der Waals surface area (Å²) >= 11 is 0. The predicted molar refractivity (Wildman–Crippen MR) is 124 cm³/mol. The van der Waals surface area contributed by atoms with Gasteiger partial charge < -0.3 is 10.2 Å². The van der Waals surface area contributed by atoms with Gasteiger partial charge in [0.15, 0.2) is 0 Å². The van der Waals surface area contributed by atoms with Crippen molar-refractivity contribution in [3.05, 3.63) is 119 Å². The monoisotopic (exact) mass is 418 g/mol. The van der Waals surface area contributed by atoms with Crippen LogP contribution in [-0.4, -0.2) is 22.2 Å². The number of hydrogen-bond acceptors (Lipinski definition) is 2. The first-order chi connectivity index (χ1) is 15.5. The minimum absolute atomic E-state index is 0.209. The van der Waals surface area contributed by atoms with Gasteiger partial charge in [-0.3, -0.25) is 0 Å². The minimum Gasteiger partial charge on any atom is -0.478 e. The summed E-state index contributed by atoms with van der Waals surface area (Å²) in [5, 5.41) is 18.4. The zero-order chi connectivity index (χ0) is 22.5. The van der Waals surface area contributed by atoms with Crippen molar-refractivity contribution in [1.29, 1.82) is 0 Å². The standard InChI is InChI=1S/C28H18O4/c29-27(30)23-13-9-21(10-14-23)25-17-8-20(7-6-19-4-2-1-3-5-19)18-26(25)22-11-15-24(16-12-22)28(31)32/h1-5,8-18H,(H,29,30)(H,31,32). The normalized spacial score (nSPS) is 10.1. The number of hydrogen-bond donors (Lipinski definition) is 2. The van der Waals surface area contributed by atoms with Gasteiger partial charge in [0.25, 0.3) is 0 Å². The van der Waals surface area contributed by atoms with Gasteiger partial charge in [-0.1, -0.05) is 60.4 Å². The van der Waals surface area contributed by atoms with E-state index in [1.807, 2.05) is 48.5 Å². The van der Waals surface area contributed by atoms with Gasteiger partial charge >= 0.3 is 11.9 Å². The summed E-state index contributed by atoms with van der Waals surface area (Å²) in [7, 11) is 0. The molecule has 0 saturated heterocycles. The first-order valence-corrected chi connectivity index (χ1v) is 9.90. The molecule has 32 heavy (non-hydrogen) atoms. The van der Waals surface area contributed by atoms with E-state index in [-0.39, 0.29) is 11.1 Å². The molecule has 0 saturated carbocycles. The third-order valence-corrected chi connectivity index (χ3v) is 5.03. The molecule has 0 atom stereocenters. The van der Waals surface area contributed by atoms with Crippen LogP contribution in [0.15, 0.2) is 97.1 Å². The van der Waals surface area contributed by atoms with Crippen LogP contribution in [0.4, 0.5) is 0 Å². The summed E-state index contributed by atoms with van der Waals surface area (Å²) in [6, 6.07) is 28.9. The van der Waals surface area contributed by atoms with E-state index in [2.05, 4.69) is 11.8 Å². The van der Waals surface area contributed by atoms with Gasteiger partial charge in [-0.05, 0) is 70.8 Å². The van der Waals surface area contributed by atoms with Crippen molar-refractivity contribution in [2.24, 2.45) is 0 Å². The molecule has 4 aromatic rings. The number of benzene rings is 4. The van der Waals surface area contributed by atoms with Gasteiger partial charge in [-0.25, -0.2) is 9.59 Å². The van der Waals surface area contributed by atoms with Crippen molar-refractivity contribution in [2.45, 2.75) is 0 Å². The SMILES string of the molecule is O=C(O)c1ccc(-c2ccc(C#Cc3ccccc3)cc2-c2ccc(C(=O)O)cc2)cc1. The summed E-state index contributed by atoms with van der Waals surface area (Å²) in [5.74, 6) is 4.37. The number of carboxylic acids is 2. The highest BCUT2D eigenvalue weighted by Gasteiger charge is 2.11. The van der Waals surface area contributed by atoms with Crippen molar-refractivity contribution in [3.8, 4) is 34.1 Å². The van der Waals surface area contributed by atoms with E-state index in [9.17, 15) is 19.8 Å². The van der Waals surface area contributed by atoms with E-state index < -0.39 is 11.9 Å². The second-order valence-corrected chi connectivity index (χ2v) is 7.14. The predicted octanol–water partition coefficient (Wildman–Crippen LogP) is 5.82. The molecule has 2 N–H and O–H groups in total. The van der Waals surface area contributed by atoms with Crippen molar-refractivity contribution in [1.82, 2.24) is 0 Å². The highest BCUT2D eigenvalue weighted by atomic mass is 16.4. The Morgan fingerprint density at radius 3 is 1.56 bits per heavy atom. The molecule has 0 fully saturated rings. The second kappa shape index (κ2) is 9.03. The lowest BCUT2D eigenvalue weighted by Crippen LogP contribution is -1.96. The third kappa shape index (κ3) is 4.58. The number of carbonyl (C=O) groups is 2. The fourth-order valence-corrected chi connectivity index (χ4v) is 3.36. The molecule has 0 heterocycles. The van der Waals surface area contributed by atoms with Crippen molar-refractivity contribution < 1.29 is 19.8 Å². The maximum absolute atomic E-state index is 11.2. The van der Waals surface area contributed by atoms with E-state index in [0.717, 1.165) is 33.4 Å². The molecule has 0 aliphatic rings. The van der Waals surface area contributed by atoms with E-state index in [0.29, 0.717) is 0 Å². The lowest BCUT2D eigenvalue weighted by molar-refractivity contribution is 0.0686. The Kier molecular flexibility index (Phi) is 5.83. The fraction of sp³-hybridized carbons (Fsp3) is 0. The van der Waals surface area contributed by atoms with Crippen LogP contribution in [-0.2, 0) is 0 Å². The lowest BCUT2D eigenvalue weighted by atomic mass is 9.92. The summed E-state index contributed by atoms with van der Waals surface area (Å²) in [4.78, 5) is 22.4. The second-order valence-electron chi connectivity index (χ2n) is 7.14. The molecule has 0 unspecified atom stereocenters. The third-order valence-electron chi connectivity index (χ3n) is 5.03. The maximum Gasteiger partial charge on any atom is 0.335 e.